The van der Waals surface area contributed by atoms with Gasteiger partial charge >= 0.3 is 0 Å². The number of piperazine rings is 1. The van der Waals surface area contributed by atoms with Gasteiger partial charge in [0, 0.05) is 37.8 Å². The molecule has 1 aromatic heterocycles. The van der Waals surface area contributed by atoms with Gasteiger partial charge in [-0.1, -0.05) is 17.7 Å². The largest absolute Gasteiger partial charge is 0.481 e. The van der Waals surface area contributed by atoms with Crippen LogP contribution in [0.5, 0.6) is 5.75 Å². The van der Waals surface area contributed by atoms with Crippen molar-refractivity contribution in [3.8, 4) is 5.75 Å². The Hall–Kier alpha value is -2.83. The second kappa shape index (κ2) is 8.50. The summed E-state index contributed by atoms with van der Waals surface area (Å²) in [6.07, 6.45) is 3.77. The minimum atomic E-state index is -0.550. The lowest BCUT2D eigenvalue weighted by Crippen LogP contribution is -2.54. The molecule has 0 saturated carbocycles. The molecule has 2 unspecified atom stereocenters. The van der Waals surface area contributed by atoms with Crippen LogP contribution in [0.15, 0.2) is 24.4 Å². The molecule has 4 rings (SSSR count). The molecule has 0 radical (unpaired) electrons. The van der Waals surface area contributed by atoms with E-state index in [0.29, 0.717) is 26.2 Å². The van der Waals surface area contributed by atoms with Crippen LogP contribution in [0.1, 0.15) is 35.7 Å². The molecule has 0 bridgehead atoms. The number of aromatic amines is 1. The first-order valence-corrected chi connectivity index (χ1v) is 10.7. The summed E-state index contributed by atoms with van der Waals surface area (Å²) in [5.74, 6) is 0.937. The number of nitrogens with one attached hydrogen (secondary N) is 1. The molecule has 2 aromatic rings. The number of hydrogen-bond acceptors (Lipinski definition) is 4. The molecule has 30 heavy (non-hydrogen) atoms. The summed E-state index contributed by atoms with van der Waals surface area (Å²) in [5.41, 5.74) is 4.51. The first kappa shape index (κ1) is 20.4. The molecule has 1 aliphatic heterocycles. The van der Waals surface area contributed by atoms with Crippen molar-refractivity contribution in [2.24, 2.45) is 5.92 Å². The fraction of sp³-hybridized carbons (Fsp3) is 0.522. The zero-order valence-electron chi connectivity index (χ0n) is 18.0. The smallest absolute Gasteiger partial charge is 0.263 e. The summed E-state index contributed by atoms with van der Waals surface area (Å²) in [7, 11) is 0. The molecular weight excluding hydrogens is 380 g/mol. The van der Waals surface area contributed by atoms with Gasteiger partial charge in [0.25, 0.3) is 5.91 Å². The quantitative estimate of drug-likeness (QED) is 0.839. The number of ether oxygens (including phenoxy) is 1. The van der Waals surface area contributed by atoms with E-state index in [0.717, 1.165) is 41.8 Å². The highest BCUT2D eigenvalue weighted by atomic mass is 16.5. The van der Waals surface area contributed by atoms with Crippen molar-refractivity contribution < 1.29 is 14.3 Å². The second-order valence-electron chi connectivity index (χ2n) is 8.49. The maximum Gasteiger partial charge on any atom is 0.263 e. The third-order valence-corrected chi connectivity index (χ3v) is 6.25. The third kappa shape index (κ3) is 4.20. The van der Waals surface area contributed by atoms with E-state index in [2.05, 4.69) is 16.3 Å². The number of hydrogen-bond donors (Lipinski definition) is 1. The molecule has 0 spiro atoms. The standard InChI is InChI=1S/C23H30N4O3/c1-15-4-7-21(16(2)12-15)30-17(3)22(28)26-8-10-27(11-9-26)23(29)18-5-6-20-19(13-18)14-24-25-20/h4,7,12,14,17-18H,5-6,8-11,13H2,1-3H3,(H,24,25). The fourth-order valence-corrected chi connectivity index (χ4v) is 4.46. The molecule has 7 nitrogen and oxygen atoms in total. The summed E-state index contributed by atoms with van der Waals surface area (Å²) in [4.78, 5) is 29.5. The Morgan fingerprint density at radius 3 is 2.63 bits per heavy atom. The predicted molar refractivity (Wildman–Crippen MR) is 113 cm³/mol. The molecule has 2 aliphatic rings. The zero-order valence-corrected chi connectivity index (χ0v) is 18.0. The van der Waals surface area contributed by atoms with Gasteiger partial charge in [0.1, 0.15) is 5.75 Å². The normalized spacial score (nSPS) is 19.9. The van der Waals surface area contributed by atoms with Gasteiger partial charge in [0.2, 0.25) is 5.91 Å². The summed E-state index contributed by atoms with van der Waals surface area (Å²) >= 11 is 0. The highest BCUT2D eigenvalue weighted by Gasteiger charge is 2.33. The molecule has 2 amide bonds. The Balaban J connectivity index is 1.29. The Labute approximate surface area is 177 Å². The topological polar surface area (TPSA) is 78.5 Å². The number of rotatable bonds is 4. The van der Waals surface area contributed by atoms with Gasteiger partial charge in [-0.3, -0.25) is 14.7 Å². The van der Waals surface area contributed by atoms with Crippen LogP contribution in [0, 0.1) is 19.8 Å². The van der Waals surface area contributed by atoms with Crippen molar-refractivity contribution in [1.82, 2.24) is 20.0 Å². The fourth-order valence-electron chi connectivity index (χ4n) is 4.46. The van der Waals surface area contributed by atoms with Crippen molar-refractivity contribution in [2.45, 2.75) is 46.1 Å². The number of carbonyl (C=O) groups excluding carboxylic acids is 2. The molecule has 2 heterocycles. The number of aryl methyl sites for hydroxylation is 3. The van der Waals surface area contributed by atoms with Gasteiger partial charge in [-0.25, -0.2) is 0 Å². The lowest BCUT2D eigenvalue weighted by molar-refractivity contribution is -0.145. The van der Waals surface area contributed by atoms with Crippen LogP contribution in [-0.2, 0) is 22.4 Å². The van der Waals surface area contributed by atoms with Crippen LogP contribution in [-0.4, -0.2) is 64.1 Å². The Morgan fingerprint density at radius 2 is 1.90 bits per heavy atom. The monoisotopic (exact) mass is 410 g/mol. The van der Waals surface area contributed by atoms with Crippen molar-refractivity contribution in [3.05, 3.63) is 46.8 Å². The van der Waals surface area contributed by atoms with E-state index < -0.39 is 6.10 Å². The zero-order chi connectivity index (χ0) is 21.3. The summed E-state index contributed by atoms with van der Waals surface area (Å²) < 4.78 is 5.93. The van der Waals surface area contributed by atoms with E-state index in [4.69, 9.17) is 4.74 Å². The number of fused-ring (bicyclic) bond motifs is 1. The molecule has 7 heteroatoms. The number of amides is 2. The maximum atomic E-state index is 13.0. The molecule has 160 valence electrons. The number of benzene rings is 1. The van der Waals surface area contributed by atoms with Crippen LogP contribution in [0.25, 0.3) is 0 Å². The minimum absolute atomic E-state index is 0.0177. The van der Waals surface area contributed by atoms with Gasteiger partial charge in [-0.15, -0.1) is 0 Å². The average Bonchev–Trinajstić information content (AvgIpc) is 3.22. The first-order valence-electron chi connectivity index (χ1n) is 10.7. The summed E-state index contributed by atoms with van der Waals surface area (Å²) in [6, 6.07) is 5.96. The van der Waals surface area contributed by atoms with Gasteiger partial charge in [-0.2, -0.15) is 5.10 Å². The van der Waals surface area contributed by atoms with Crippen LogP contribution in [0.4, 0.5) is 0 Å². The summed E-state index contributed by atoms with van der Waals surface area (Å²) in [5, 5.41) is 7.11. The highest BCUT2D eigenvalue weighted by Crippen LogP contribution is 2.26. The van der Waals surface area contributed by atoms with Gasteiger partial charge < -0.3 is 14.5 Å². The maximum absolute atomic E-state index is 13.0. The number of carbonyl (C=O) groups is 2. The molecule has 2 atom stereocenters. The Kier molecular flexibility index (Phi) is 5.79. The molecule has 1 saturated heterocycles. The van der Waals surface area contributed by atoms with Crippen molar-refractivity contribution in [1.29, 1.82) is 0 Å². The number of nitrogens with zero attached hydrogens (tertiary/aromatic N) is 3. The van der Waals surface area contributed by atoms with Crippen molar-refractivity contribution >= 4 is 11.8 Å². The van der Waals surface area contributed by atoms with E-state index in [1.165, 1.54) is 5.56 Å². The average molecular weight is 411 g/mol. The van der Waals surface area contributed by atoms with Crippen LogP contribution in [0.3, 0.4) is 0 Å². The van der Waals surface area contributed by atoms with E-state index in [-0.39, 0.29) is 17.7 Å². The predicted octanol–water partition coefficient (Wildman–Crippen LogP) is 2.27. The Bertz CT molecular complexity index is 930. The van der Waals surface area contributed by atoms with Crippen LogP contribution >= 0.6 is 0 Å². The minimum Gasteiger partial charge on any atom is -0.481 e. The Morgan fingerprint density at radius 1 is 1.17 bits per heavy atom. The van der Waals surface area contributed by atoms with E-state index >= 15 is 0 Å². The van der Waals surface area contributed by atoms with Gasteiger partial charge in [-0.05, 0) is 57.2 Å². The SMILES string of the molecule is Cc1ccc(OC(C)C(=O)N2CCN(C(=O)C3CCc4[nH]ncc4C3)CC2)c(C)c1. The van der Waals surface area contributed by atoms with E-state index in [1.54, 1.807) is 6.92 Å². The van der Waals surface area contributed by atoms with Crippen LogP contribution in [0.2, 0.25) is 0 Å². The molecule has 1 aromatic carbocycles. The van der Waals surface area contributed by atoms with Crippen molar-refractivity contribution in [3.63, 3.8) is 0 Å². The van der Waals surface area contributed by atoms with Gasteiger partial charge in [0.15, 0.2) is 6.10 Å². The second-order valence-corrected chi connectivity index (χ2v) is 8.49. The van der Waals surface area contributed by atoms with Crippen molar-refractivity contribution in [2.75, 3.05) is 26.2 Å². The third-order valence-electron chi connectivity index (χ3n) is 6.25. The lowest BCUT2D eigenvalue weighted by atomic mass is 9.87. The first-order chi connectivity index (χ1) is 14.4. The van der Waals surface area contributed by atoms with Crippen LogP contribution < -0.4 is 4.74 Å². The van der Waals surface area contributed by atoms with E-state index in [9.17, 15) is 9.59 Å². The number of aromatic nitrogens is 2. The molecule has 1 fully saturated rings. The summed E-state index contributed by atoms with van der Waals surface area (Å²) in [6.45, 7) is 8.08. The lowest BCUT2D eigenvalue weighted by Gasteiger charge is -2.37. The van der Waals surface area contributed by atoms with E-state index in [1.807, 2.05) is 42.0 Å². The molecule has 1 N–H and O–H groups in total. The molecule has 1 aliphatic carbocycles. The van der Waals surface area contributed by atoms with Gasteiger partial charge in [0.05, 0.1) is 6.20 Å². The highest BCUT2D eigenvalue weighted by molar-refractivity contribution is 5.82. The number of H-pyrrole nitrogens is 1. The molecular formula is C23H30N4O3.